The number of rotatable bonds is 5. The predicted octanol–water partition coefficient (Wildman–Crippen LogP) is 2.78. The molecule has 0 unspecified atom stereocenters. The molecule has 2 aromatic rings. The molecule has 2 aliphatic heterocycles. The first-order chi connectivity index (χ1) is 14.2. The molecule has 3 heterocycles. The number of carbonyl (C=O) groups is 1. The molecule has 0 bridgehead atoms. The van der Waals surface area contributed by atoms with E-state index in [9.17, 15) is 9.18 Å². The number of pyridine rings is 1. The third kappa shape index (κ3) is 5.40. The number of halogens is 1. The first-order valence-electron chi connectivity index (χ1n) is 10.5. The highest BCUT2D eigenvalue weighted by atomic mass is 19.1. The SMILES string of the molecule is O=C(C1CCN(Cc2ccncc2)CC1)N1CCN(Cc2cccc(F)c2)CC1. The number of likely N-dealkylation sites (tertiary alicyclic amines) is 1. The maximum atomic E-state index is 13.4. The van der Waals surface area contributed by atoms with Crippen molar-refractivity contribution in [2.24, 2.45) is 5.92 Å². The fraction of sp³-hybridized carbons (Fsp3) is 0.478. The Balaban J connectivity index is 1.21. The standard InChI is InChI=1S/C23H29FN4O/c24-22-3-1-2-20(16-22)18-27-12-14-28(15-13-27)23(29)21-6-10-26(11-7-21)17-19-4-8-25-9-5-19/h1-5,8-9,16,21H,6-7,10-15,17-18H2. The second-order valence-corrected chi connectivity index (χ2v) is 8.14. The topological polar surface area (TPSA) is 39.7 Å². The van der Waals surface area contributed by atoms with Crippen LogP contribution in [0.25, 0.3) is 0 Å². The molecule has 29 heavy (non-hydrogen) atoms. The molecule has 2 saturated heterocycles. The van der Waals surface area contributed by atoms with Gasteiger partial charge in [-0.1, -0.05) is 12.1 Å². The summed E-state index contributed by atoms with van der Waals surface area (Å²) >= 11 is 0. The highest BCUT2D eigenvalue weighted by Crippen LogP contribution is 2.22. The smallest absolute Gasteiger partial charge is 0.225 e. The van der Waals surface area contributed by atoms with Gasteiger partial charge in [0.2, 0.25) is 5.91 Å². The van der Waals surface area contributed by atoms with Crippen LogP contribution in [0.2, 0.25) is 0 Å². The van der Waals surface area contributed by atoms with E-state index in [1.165, 1.54) is 11.6 Å². The lowest BCUT2D eigenvalue weighted by Crippen LogP contribution is -2.51. The molecule has 1 aromatic carbocycles. The summed E-state index contributed by atoms with van der Waals surface area (Å²) in [6.45, 7) is 6.86. The summed E-state index contributed by atoms with van der Waals surface area (Å²) in [5.74, 6) is 0.281. The molecule has 1 aromatic heterocycles. The Kier molecular flexibility index (Phi) is 6.52. The van der Waals surface area contributed by atoms with Gasteiger partial charge in [0.15, 0.2) is 0 Å². The number of benzene rings is 1. The number of nitrogens with zero attached hydrogens (tertiary/aromatic N) is 4. The molecule has 2 aliphatic rings. The van der Waals surface area contributed by atoms with Crippen molar-refractivity contribution in [3.8, 4) is 0 Å². The lowest BCUT2D eigenvalue weighted by Gasteiger charge is -2.38. The van der Waals surface area contributed by atoms with E-state index in [4.69, 9.17) is 0 Å². The van der Waals surface area contributed by atoms with Crippen LogP contribution in [0, 0.1) is 11.7 Å². The molecule has 0 spiro atoms. The Labute approximate surface area is 172 Å². The molecule has 4 rings (SSSR count). The summed E-state index contributed by atoms with van der Waals surface area (Å²) in [6, 6.07) is 10.9. The molecule has 6 heteroatoms. The lowest BCUT2D eigenvalue weighted by atomic mass is 9.94. The molecule has 0 radical (unpaired) electrons. The van der Waals surface area contributed by atoms with Gasteiger partial charge in [-0.3, -0.25) is 19.6 Å². The van der Waals surface area contributed by atoms with Crippen molar-refractivity contribution in [3.05, 3.63) is 65.7 Å². The van der Waals surface area contributed by atoms with Crippen molar-refractivity contribution in [1.82, 2.24) is 19.7 Å². The van der Waals surface area contributed by atoms with Crippen molar-refractivity contribution >= 4 is 5.91 Å². The van der Waals surface area contributed by atoms with Gasteiger partial charge in [0.25, 0.3) is 0 Å². The first-order valence-corrected chi connectivity index (χ1v) is 10.5. The number of hydrogen-bond acceptors (Lipinski definition) is 4. The zero-order valence-electron chi connectivity index (χ0n) is 16.8. The predicted molar refractivity (Wildman–Crippen MR) is 110 cm³/mol. The molecule has 1 amide bonds. The van der Waals surface area contributed by atoms with Gasteiger partial charge in [-0.15, -0.1) is 0 Å². The van der Waals surface area contributed by atoms with Crippen LogP contribution in [0.15, 0.2) is 48.8 Å². The molecule has 2 fully saturated rings. The van der Waals surface area contributed by atoms with E-state index in [1.807, 2.05) is 23.4 Å². The molecule has 154 valence electrons. The molecule has 0 atom stereocenters. The highest BCUT2D eigenvalue weighted by molar-refractivity contribution is 5.79. The summed E-state index contributed by atoms with van der Waals surface area (Å²) in [7, 11) is 0. The largest absolute Gasteiger partial charge is 0.340 e. The van der Waals surface area contributed by atoms with E-state index in [0.29, 0.717) is 5.91 Å². The van der Waals surface area contributed by atoms with Crippen LogP contribution in [0.1, 0.15) is 24.0 Å². The summed E-state index contributed by atoms with van der Waals surface area (Å²) in [6.07, 6.45) is 5.54. The van der Waals surface area contributed by atoms with Crippen LogP contribution in [0.4, 0.5) is 4.39 Å². The molecular weight excluding hydrogens is 367 g/mol. The van der Waals surface area contributed by atoms with Crippen LogP contribution < -0.4 is 0 Å². The van der Waals surface area contributed by atoms with E-state index in [0.717, 1.165) is 70.8 Å². The molecular formula is C23H29FN4O. The van der Waals surface area contributed by atoms with Crippen molar-refractivity contribution in [3.63, 3.8) is 0 Å². The highest BCUT2D eigenvalue weighted by Gasteiger charge is 2.30. The van der Waals surface area contributed by atoms with Gasteiger partial charge in [0.1, 0.15) is 5.82 Å². The van der Waals surface area contributed by atoms with Gasteiger partial charge in [-0.2, -0.15) is 0 Å². The number of carbonyl (C=O) groups excluding carboxylic acids is 1. The third-order valence-electron chi connectivity index (χ3n) is 6.07. The average molecular weight is 397 g/mol. The van der Waals surface area contributed by atoms with Gasteiger partial charge in [-0.25, -0.2) is 4.39 Å². The van der Waals surface area contributed by atoms with Crippen molar-refractivity contribution < 1.29 is 9.18 Å². The summed E-state index contributed by atoms with van der Waals surface area (Å²) in [4.78, 5) is 23.8. The van der Waals surface area contributed by atoms with E-state index < -0.39 is 0 Å². The maximum Gasteiger partial charge on any atom is 0.225 e. The fourth-order valence-electron chi connectivity index (χ4n) is 4.36. The van der Waals surface area contributed by atoms with Crippen LogP contribution in [-0.2, 0) is 17.9 Å². The first kappa shape index (κ1) is 20.0. The summed E-state index contributed by atoms with van der Waals surface area (Å²) in [5.41, 5.74) is 2.27. The van der Waals surface area contributed by atoms with Gasteiger partial charge < -0.3 is 4.90 Å². The zero-order valence-corrected chi connectivity index (χ0v) is 16.8. The molecule has 0 aliphatic carbocycles. The minimum atomic E-state index is -0.188. The zero-order chi connectivity index (χ0) is 20.1. The summed E-state index contributed by atoms with van der Waals surface area (Å²) < 4.78 is 13.4. The van der Waals surface area contributed by atoms with Crippen molar-refractivity contribution in [1.29, 1.82) is 0 Å². The Bertz CT molecular complexity index is 800. The Morgan fingerprint density at radius 1 is 0.897 bits per heavy atom. The Morgan fingerprint density at radius 2 is 1.55 bits per heavy atom. The van der Waals surface area contributed by atoms with Crippen molar-refractivity contribution in [2.75, 3.05) is 39.3 Å². The van der Waals surface area contributed by atoms with Gasteiger partial charge in [-0.05, 0) is 61.3 Å². The maximum absolute atomic E-state index is 13.4. The normalized spacial score (nSPS) is 19.4. The number of aromatic nitrogens is 1. The Hall–Kier alpha value is -2.31. The van der Waals surface area contributed by atoms with E-state index in [1.54, 1.807) is 12.1 Å². The minimum absolute atomic E-state index is 0.151. The molecule has 5 nitrogen and oxygen atoms in total. The number of piperazine rings is 1. The van der Waals surface area contributed by atoms with Crippen LogP contribution >= 0.6 is 0 Å². The van der Waals surface area contributed by atoms with Crippen LogP contribution in [-0.4, -0.2) is 64.9 Å². The third-order valence-corrected chi connectivity index (χ3v) is 6.07. The van der Waals surface area contributed by atoms with Crippen molar-refractivity contribution in [2.45, 2.75) is 25.9 Å². The summed E-state index contributed by atoms with van der Waals surface area (Å²) in [5, 5.41) is 0. The number of hydrogen-bond donors (Lipinski definition) is 0. The second-order valence-electron chi connectivity index (χ2n) is 8.14. The van der Waals surface area contributed by atoms with Crippen LogP contribution in [0.5, 0.6) is 0 Å². The van der Waals surface area contributed by atoms with E-state index in [-0.39, 0.29) is 11.7 Å². The van der Waals surface area contributed by atoms with Crippen LogP contribution in [0.3, 0.4) is 0 Å². The molecule has 0 saturated carbocycles. The average Bonchev–Trinajstić information content (AvgIpc) is 2.75. The van der Waals surface area contributed by atoms with Gasteiger partial charge in [0.05, 0.1) is 0 Å². The number of amides is 1. The minimum Gasteiger partial charge on any atom is -0.340 e. The van der Waals surface area contributed by atoms with Gasteiger partial charge in [0, 0.05) is 57.6 Å². The van der Waals surface area contributed by atoms with E-state index in [2.05, 4.69) is 26.9 Å². The van der Waals surface area contributed by atoms with Gasteiger partial charge >= 0.3 is 0 Å². The fourth-order valence-corrected chi connectivity index (χ4v) is 4.36. The quantitative estimate of drug-likeness (QED) is 0.779. The number of piperidine rings is 1. The second kappa shape index (κ2) is 9.46. The lowest BCUT2D eigenvalue weighted by molar-refractivity contribution is -0.139. The molecule has 0 N–H and O–H groups in total. The van der Waals surface area contributed by atoms with E-state index >= 15 is 0 Å². The monoisotopic (exact) mass is 396 g/mol. The Morgan fingerprint density at radius 3 is 2.24 bits per heavy atom.